The molecule has 1 N–H and O–H groups in total. The first-order valence-electron chi connectivity index (χ1n) is 8.18. The summed E-state index contributed by atoms with van der Waals surface area (Å²) in [7, 11) is 0. The van der Waals surface area contributed by atoms with Crippen molar-refractivity contribution in [1.82, 2.24) is 4.90 Å². The number of nitriles is 1. The number of nitrogens with zero attached hydrogens (tertiary/aromatic N) is 2. The molecule has 122 valence electrons. The van der Waals surface area contributed by atoms with Gasteiger partial charge in [0.25, 0.3) is 0 Å². The Balaban J connectivity index is 2.03. The van der Waals surface area contributed by atoms with E-state index < -0.39 is 6.04 Å². The molecule has 0 radical (unpaired) electrons. The van der Waals surface area contributed by atoms with E-state index in [2.05, 4.69) is 6.07 Å². The summed E-state index contributed by atoms with van der Waals surface area (Å²) in [5, 5.41) is 19.4. The second-order valence-corrected chi connectivity index (χ2v) is 5.96. The number of rotatable bonds is 4. The van der Waals surface area contributed by atoms with Crippen molar-refractivity contribution in [3.05, 3.63) is 60.2 Å². The highest BCUT2D eigenvalue weighted by molar-refractivity contribution is 5.79. The highest BCUT2D eigenvalue weighted by Gasteiger charge is 2.51. The molecule has 2 aromatic rings. The van der Waals surface area contributed by atoms with E-state index in [4.69, 9.17) is 0 Å². The normalized spacial score (nSPS) is 22.5. The molecular weight excluding hydrogens is 300 g/mol. The Morgan fingerprint density at radius 1 is 1.17 bits per heavy atom. The van der Waals surface area contributed by atoms with Gasteiger partial charge in [0.1, 0.15) is 6.04 Å². The van der Waals surface area contributed by atoms with Crippen LogP contribution >= 0.6 is 0 Å². The maximum absolute atomic E-state index is 12.1. The molecule has 0 unspecified atom stereocenters. The van der Waals surface area contributed by atoms with Gasteiger partial charge in [0.2, 0.25) is 5.91 Å². The summed E-state index contributed by atoms with van der Waals surface area (Å²) in [6.45, 7) is 1.63. The van der Waals surface area contributed by atoms with E-state index in [1.54, 1.807) is 6.92 Å². The lowest BCUT2D eigenvalue weighted by atomic mass is 9.73. The molecule has 1 aliphatic heterocycles. The van der Waals surface area contributed by atoms with Crippen LogP contribution in [0.2, 0.25) is 0 Å². The Morgan fingerprint density at radius 2 is 1.83 bits per heavy atom. The average Bonchev–Trinajstić information content (AvgIpc) is 2.62. The lowest BCUT2D eigenvalue weighted by Crippen LogP contribution is -2.65. The maximum atomic E-state index is 12.1. The van der Waals surface area contributed by atoms with Gasteiger partial charge in [-0.2, -0.15) is 5.26 Å². The fraction of sp³-hybridized carbons (Fsp3) is 0.300. The van der Waals surface area contributed by atoms with Crippen LogP contribution in [0.5, 0.6) is 0 Å². The Kier molecular flexibility index (Phi) is 4.64. The molecule has 3 atom stereocenters. The van der Waals surface area contributed by atoms with Crippen LogP contribution < -0.4 is 0 Å². The highest BCUT2D eigenvalue weighted by Crippen LogP contribution is 2.44. The van der Waals surface area contributed by atoms with Crippen molar-refractivity contribution in [2.75, 3.05) is 6.61 Å². The van der Waals surface area contributed by atoms with E-state index in [9.17, 15) is 15.2 Å². The van der Waals surface area contributed by atoms with Crippen LogP contribution in [-0.4, -0.2) is 34.6 Å². The van der Waals surface area contributed by atoms with Crippen molar-refractivity contribution in [2.24, 2.45) is 0 Å². The van der Waals surface area contributed by atoms with Gasteiger partial charge in [0, 0.05) is 12.3 Å². The van der Waals surface area contributed by atoms with E-state index in [-0.39, 0.29) is 24.5 Å². The van der Waals surface area contributed by atoms with Crippen molar-refractivity contribution in [2.45, 2.75) is 31.3 Å². The predicted octanol–water partition coefficient (Wildman–Crippen LogP) is 2.94. The van der Waals surface area contributed by atoms with Gasteiger partial charge in [-0.15, -0.1) is 0 Å². The molecule has 0 aromatic heterocycles. The quantitative estimate of drug-likeness (QED) is 0.942. The minimum atomic E-state index is -0.528. The van der Waals surface area contributed by atoms with E-state index in [0.29, 0.717) is 6.42 Å². The Labute approximate surface area is 142 Å². The Morgan fingerprint density at radius 3 is 2.46 bits per heavy atom. The molecule has 1 amide bonds. The van der Waals surface area contributed by atoms with E-state index >= 15 is 0 Å². The molecule has 24 heavy (non-hydrogen) atoms. The van der Waals surface area contributed by atoms with Crippen LogP contribution in [0, 0.1) is 11.3 Å². The van der Waals surface area contributed by atoms with Gasteiger partial charge in [0.05, 0.1) is 18.7 Å². The summed E-state index contributed by atoms with van der Waals surface area (Å²) in [6, 6.07) is 19.3. The van der Waals surface area contributed by atoms with Crippen molar-refractivity contribution >= 4 is 5.91 Å². The molecule has 3 rings (SSSR count). The van der Waals surface area contributed by atoms with Crippen molar-refractivity contribution in [1.29, 1.82) is 5.26 Å². The number of carbonyl (C=O) groups excluding carboxylic acids is 1. The number of aliphatic hydroxyl groups excluding tert-OH is 1. The van der Waals surface area contributed by atoms with Gasteiger partial charge in [-0.05, 0) is 16.7 Å². The summed E-state index contributed by atoms with van der Waals surface area (Å²) in [5.74, 6) is -0.263. The van der Waals surface area contributed by atoms with Gasteiger partial charge < -0.3 is 10.0 Å². The molecule has 0 spiro atoms. The first kappa shape index (κ1) is 16.2. The maximum Gasteiger partial charge on any atom is 0.223 e. The Hall–Kier alpha value is -2.64. The molecular formula is C20H20N2O2. The first-order chi connectivity index (χ1) is 11.7. The largest absolute Gasteiger partial charge is 0.394 e. The van der Waals surface area contributed by atoms with Gasteiger partial charge in [-0.25, -0.2) is 0 Å². The third-order valence-electron chi connectivity index (χ3n) is 4.73. The van der Waals surface area contributed by atoms with E-state index in [0.717, 1.165) is 16.7 Å². The van der Waals surface area contributed by atoms with Crippen LogP contribution in [0.25, 0.3) is 11.1 Å². The van der Waals surface area contributed by atoms with Crippen LogP contribution in [-0.2, 0) is 4.79 Å². The van der Waals surface area contributed by atoms with Gasteiger partial charge in [-0.3, -0.25) is 4.79 Å². The van der Waals surface area contributed by atoms with Crippen LogP contribution in [0.3, 0.4) is 0 Å². The standard InChI is InChI=1S/C20H20N2O2/c1-2-19(24)22-17(12-21)20(18(22)13-23)16-11-7-6-10-15(16)14-8-4-3-5-9-14/h3-11,17-18,20,23H,2,13H2,1H3/t17-,18-,20+/m1/s1. The molecule has 0 bridgehead atoms. The molecule has 0 saturated carbocycles. The summed E-state index contributed by atoms with van der Waals surface area (Å²) in [5.41, 5.74) is 3.13. The second-order valence-electron chi connectivity index (χ2n) is 5.96. The molecule has 1 heterocycles. The van der Waals surface area contributed by atoms with Crippen molar-refractivity contribution in [3.63, 3.8) is 0 Å². The average molecular weight is 320 g/mol. The third kappa shape index (κ3) is 2.57. The molecule has 0 aliphatic carbocycles. The zero-order chi connectivity index (χ0) is 17.1. The van der Waals surface area contributed by atoms with E-state index in [1.807, 2.05) is 54.6 Å². The van der Waals surface area contributed by atoms with Crippen molar-refractivity contribution in [3.8, 4) is 17.2 Å². The zero-order valence-electron chi connectivity index (χ0n) is 13.6. The summed E-state index contributed by atoms with van der Waals surface area (Å²) >= 11 is 0. The monoisotopic (exact) mass is 320 g/mol. The van der Waals surface area contributed by atoms with Gasteiger partial charge in [0.15, 0.2) is 0 Å². The van der Waals surface area contributed by atoms with Crippen LogP contribution in [0.1, 0.15) is 24.8 Å². The molecule has 1 saturated heterocycles. The third-order valence-corrected chi connectivity index (χ3v) is 4.73. The zero-order valence-corrected chi connectivity index (χ0v) is 13.6. The fourth-order valence-corrected chi connectivity index (χ4v) is 3.57. The summed E-state index contributed by atoms with van der Waals surface area (Å²) in [4.78, 5) is 13.7. The molecule has 2 aromatic carbocycles. The number of hydrogen-bond acceptors (Lipinski definition) is 3. The molecule has 1 fully saturated rings. The predicted molar refractivity (Wildman–Crippen MR) is 92.0 cm³/mol. The SMILES string of the molecule is CCC(=O)N1[C@H](C#N)[C@H](c2ccccc2-c2ccccc2)[C@H]1CO. The van der Waals surface area contributed by atoms with Crippen molar-refractivity contribution < 1.29 is 9.90 Å². The first-order valence-corrected chi connectivity index (χ1v) is 8.18. The summed E-state index contributed by atoms with van der Waals surface area (Å²) in [6.07, 6.45) is 0.335. The smallest absolute Gasteiger partial charge is 0.223 e. The Bertz CT molecular complexity index is 767. The second kappa shape index (κ2) is 6.86. The van der Waals surface area contributed by atoms with E-state index in [1.165, 1.54) is 4.90 Å². The number of likely N-dealkylation sites (tertiary alicyclic amines) is 1. The minimum Gasteiger partial charge on any atom is -0.394 e. The number of hydrogen-bond donors (Lipinski definition) is 1. The molecule has 4 nitrogen and oxygen atoms in total. The van der Waals surface area contributed by atoms with Crippen LogP contribution in [0.4, 0.5) is 0 Å². The molecule has 1 aliphatic rings. The van der Waals surface area contributed by atoms with Gasteiger partial charge >= 0.3 is 0 Å². The van der Waals surface area contributed by atoms with Gasteiger partial charge in [-0.1, -0.05) is 61.5 Å². The number of carbonyl (C=O) groups is 1. The lowest BCUT2D eigenvalue weighted by Gasteiger charge is -2.52. The number of benzene rings is 2. The number of aliphatic hydroxyl groups is 1. The lowest BCUT2D eigenvalue weighted by molar-refractivity contribution is -0.146. The molecule has 4 heteroatoms. The highest BCUT2D eigenvalue weighted by atomic mass is 16.3. The fourth-order valence-electron chi connectivity index (χ4n) is 3.57. The van der Waals surface area contributed by atoms with Crippen LogP contribution in [0.15, 0.2) is 54.6 Å². The summed E-state index contributed by atoms with van der Waals surface area (Å²) < 4.78 is 0. The number of amides is 1. The minimum absolute atomic E-state index is 0.0888. The topological polar surface area (TPSA) is 64.3 Å².